The summed E-state index contributed by atoms with van der Waals surface area (Å²) in [6.45, 7) is 1.93. The van der Waals surface area contributed by atoms with Crippen molar-refractivity contribution in [2.24, 2.45) is 4.99 Å². The van der Waals surface area contributed by atoms with Crippen molar-refractivity contribution in [2.45, 2.75) is 6.92 Å². The van der Waals surface area contributed by atoms with Gasteiger partial charge in [0, 0.05) is 17.3 Å². The fraction of sp³-hybridized carbons (Fsp3) is 0.0256. The number of hydrogen-bond acceptors (Lipinski definition) is 8. The molecule has 0 radical (unpaired) electrons. The molecule has 0 atom stereocenters. The quantitative estimate of drug-likeness (QED) is 0.118. The highest BCUT2D eigenvalue weighted by molar-refractivity contribution is 6.09. The van der Waals surface area contributed by atoms with Crippen molar-refractivity contribution in [1.82, 2.24) is 25.4 Å². The van der Waals surface area contributed by atoms with E-state index in [0.717, 1.165) is 33.4 Å². The van der Waals surface area contributed by atoms with Crippen LogP contribution in [0.25, 0.3) is 62.3 Å². The van der Waals surface area contributed by atoms with Gasteiger partial charge in [-0.05, 0) is 71.7 Å². The Balaban J connectivity index is 1.08. The van der Waals surface area contributed by atoms with E-state index in [9.17, 15) is 0 Å². The van der Waals surface area contributed by atoms with E-state index in [-0.39, 0.29) is 0 Å². The zero-order chi connectivity index (χ0) is 31.8. The van der Waals surface area contributed by atoms with Crippen molar-refractivity contribution >= 4 is 17.6 Å². The molecule has 0 unspecified atom stereocenters. The van der Waals surface area contributed by atoms with Gasteiger partial charge in [-0.2, -0.15) is 0 Å². The van der Waals surface area contributed by atoms with Gasteiger partial charge in [0.25, 0.3) is 5.89 Å². The lowest BCUT2D eigenvalue weighted by Crippen LogP contribution is -1.88. The van der Waals surface area contributed by atoms with E-state index >= 15 is 0 Å². The van der Waals surface area contributed by atoms with Crippen LogP contribution in [0.15, 0.2) is 159 Å². The largest absolute Gasteiger partial charge is 0.416 e. The summed E-state index contributed by atoms with van der Waals surface area (Å²) in [5.41, 5.74) is 7.30. The van der Waals surface area contributed by atoms with E-state index in [2.05, 4.69) is 54.6 Å². The molecule has 0 aliphatic heterocycles. The van der Waals surface area contributed by atoms with Gasteiger partial charge in [-0.3, -0.25) is 0 Å². The summed E-state index contributed by atoms with van der Waals surface area (Å²) in [6, 6.07) is 41.9. The molecule has 7 rings (SSSR count). The summed E-state index contributed by atoms with van der Waals surface area (Å²) in [7, 11) is 0. The lowest BCUT2D eigenvalue weighted by molar-refractivity contribution is 0.555. The van der Waals surface area contributed by atoms with Gasteiger partial charge in [-0.1, -0.05) is 103 Å². The average Bonchev–Trinajstić information content (AvgIpc) is 3.84. The molecule has 0 spiro atoms. The van der Waals surface area contributed by atoms with E-state index in [0.29, 0.717) is 40.6 Å². The fourth-order valence-electron chi connectivity index (χ4n) is 4.89. The number of pyridine rings is 1. The molecule has 226 valence electrons. The lowest BCUT2D eigenvalue weighted by atomic mass is 10.0. The molecule has 0 amide bonds. The number of benzene rings is 4. The molecular formula is C39H28N6O2. The standard InChI is InChI=1S/C39H28N6O2/c1-2-3-11-33(38-44-42-36(46-38)31-22-18-29(19-23-31)27-12-6-4-7-13-27)26-40-35-17-10-16-34(41-35)39-45-43-37(47-39)32-24-20-30(21-25-32)28-14-8-5-9-15-28/h2-26H,1H3/b3-2-,33-11+,40-26+. The summed E-state index contributed by atoms with van der Waals surface area (Å²) in [6.07, 6.45) is 7.30. The first-order valence-electron chi connectivity index (χ1n) is 15.1. The summed E-state index contributed by atoms with van der Waals surface area (Å²) in [5.74, 6) is 1.92. The van der Waals surface area contributed by atoms with Crippen LogP contribution in [-0.2, 0) is 0 Å². The Bertz CT molecular complexity index is 2180. The van der Waals surface area contributed by atoms with Crippen LogP contribution in [0.2, 0.25) is 0 Å². The van der Waals surface area contributed by atoms with Crippen LogP contribution < -0.4 is 0 Å². The first kappa shape index (κ1) is 29.2. The topological polar surface area (TPSA) is 103 Å². The van der Waals surface area contributed by atoms with E-state index in [4.69, 9.17) is 8.83 Å². The molecule has 0 fully saturated rings. The van der Waals surface area contributed by atoms with E-state index in [1.165, 1.54) is 0 Å². The number of nitrogens with zero attached hydrogens (tertiary/aromatic N) is 6. The summed E-state index contributed by atoms with van der Waals surface area (Å²) in [5, 5.41) is 17.1. The molecule has 8 heteroatoms. The molecule has 0 bridgehead atoms. The monoisotopic (exact) mass is 612 g/mol. The molecule has 3 aromatic heterocycles. The maximum Gasteiger partial charge on any atom is 0.266 e. The molecule has 0 saturated heterocycles. The Hall–Kier alpha value is -6.54. The van der Waals surface area contributed by atoms with Crippen LogP contribution in [-0.4, -0.2) is 31.6 Å². The third-order valence-electron chi connectivity index (χ3n) is 7.33. The molecule has 0 N–H and O–H groups in total. The number of hydrogen-bond donors (Lipinski definition) is 0. The lowest BCUT2D eigenvalue weighted by Gasteiger charge is -2.02. The molecule has 0 aliphatic carbocycles. The molecule has 7 aromatic rings. The molecule has 3 heterocycles. The highest BCUT2D eigenvalue weighted by atomic mass is 16.4. The van der Waals surface area contributed by atoms with Crippen LogP contribution in [0.1, 0.15) is 12.8 Å². The van der Waals surface area contributed by atoms with Crippen molar-refractivity contribution < 1.29 is 8.83 Å². The predicted octanol–water partition coefficient (Wildman–Crippen LogP) is 9.54. The van der Waals surface area contributed by atoms with Gasteiger partial charge in [0.2, 0.25) is 17.7 Å². The van der Waals surface area contributed by atoms with Crippen molar-refractivity contribution in [1.29, 1.82) is 0 Å². The van der Waals surface area contributed by atoms with Gasteiger partial charge in [0.05, 0.1) is 5.57 Å². The maximum absolute atomic E-state index is 6.06. The Labute approximate surface area is 271 Å². The first-order valence-corrected chi connectivity index (χ1v) is 15.1. The minimum absolute atomic E-state index is 0.300. The van der Waals surface area contributed by atoms with Crippen LogP contribution in [0, 0.1) is 0 Å². The Morgan fingerprint density at radius 3 is 1.68 bits per heavy atom. The van der Waals surface area contributed by atoms with Crippen LogP contribution in [0.3, 0.4) is 0 Å². The molecule has 47 heavy (non-hydrogen) atoms. The SMILES string of the molecule is C\C=C/C=C(\C=N\c1cccc(-c2nnc(-c3ccc(-c4ccccc4)cc3)o2)n1)c1nnc(-c2ccc(-c3ccccc3)cc2)o1. The highest BCUT2D eigenvalue weighted by Crippen LogP contribution is 2.28. The van der Waals surface area contributed by atoms with E-state index in [1.54, 1.807) is 18.3 Å². The normalized spacial score (nSPS) is 11.9. The minimum atomic E-state index is 0.300. The molecule has 4 aromatic carbocycles. The smallest absolute Gasteiger partial charge is 0.266 e. The first-order chi connectivity index (χ1) is 23.2. The Morgan fingerprint density at radius 1 is 0.532 bits per heavy atom. The van der Waals surface area contributed by atoms with Crippen LogP contribution >= 0.6 is 0 Å². The maximum atomic E-state index is 6.06. The minimum Gasteiger partial charge on any atom is -0.416 e. The second kappa shape index (κ2) is 13.6. The number of allylic oxidation sites excluding steroid dienone is 4. The number of rotatable bonds is 9. The van der Waals surface area contributed by atoms with Crippen LogP contribution in [0.4, 0.5) is 5.82 Å². The van der Waals surface area contributed by atoms with Gasteiger partial charge < -0.3 is 8.83 Å². The van der Waals surface area contributed by atoms with E-state index in [1.807, 2.05) is 116 Å². The average molecular weight is 613 g/mol. The van der Waals surface area contributed by atoms with Gasteiger partial charge >= 0.3 is 0 Å². The zero-order valence-corrected chi connectivity index (χ0v) is 25.4. The Morgan fingerprint density at radius 2 is 1.06 bits per heavy atom. The molecule has 8 nitrogen and oxygen atoms in total. The summed E-state index contributed by atoms with van der Waals surface area (Å²) < 4.78 is 12.1. The van der Waals surface area contributed by atoms with Crippen LogP contribution in [0.5, 0.6) is 0 Å². The molecular weight excluding hydrogens is 584 g/mol. The van der Waals surface area contributed by atoms with Gasteiger partial charge in [-0.25, -0.2) is 9.98 Å². The second-order valence-corrected chi connectivity index (χ2v) is 10.5. The Kier molecular flexibility index (Phi) is 8.46. The van der Waals surface area contributed by atoms with Crippen molar-refractivity contribution in [2.75, 3.05) is 0 Å². The predicted molar refractivity (Wildman–Crippen MR) is 185 cm³/mol. The number of aliphatic imine (C=N–C) groups is 1. The van der Waals surface area contributed by atoms with Gasteiger partial charge in [0.15, 0.2) is 5.82 Å². The molecule has 0 saturated carbocycles. The van der Waals surface area contributed by atoms with Crippen molar-refractivity contribution in [3.63, 3.8) is 0 Å². The van der Waals surface area contributed by atoms with Crippen molar-refractivity contribution in [3.05, 3.63) is 152 Å². The molecule has 0 aliphatic rings. The third-order valence-corrected chi connectivity index (χ3v) is 7.33. The fourth-order valence-corrected chi connectivity index (χ4v) is 4.89. The third kappa shape index (κ3) is 6.77. The summed E-state index contributed by atoms with van der Waals surface area (Å²) >= 11 is 0. The van der Waals surface area contributed by atoms with Crippen molar-refractivity contribution in [3.8, 4) is 56.7 Å². The highest BCUT2D eigenvalue weighted by Gasteiger charge is 2.14. The van der Waals surface area contributed by atoms with Gasteiger partial charge in [0.1, 0.15) is 5.69 Å². The summed E-state index contributed by atoms with van der Waals surface area (Å²) in [4.78, 5) is 9.23. The second-order valence-electron chi connectivity index (χ2n) is 10.5. The van der Waals surface area contributed by atoms with E-state index < -0.39 is 0 Å². The zero-order valence-electron chi connectivity index (χ0n) is 25.4. The van der Waals surface area contributed by atoms with Gasteiger partial charge in [-0.15, -0.1) is 20.4 Å². The number of aromatic nitrogens is 5.